The fraction of sp³-hybridized carbons (Fsp3) is 0.0833. The van der Waals surface area contributed by atoms with Crippen molar-refractivity contribution in [1.82, 2.24) is 0 Å². The maximum Gasteiger partial charge on any atom is 0.331 e. The molecule has 0 radical (unpaired) electrons. The monoisotopic (exact) mass is 370 g/mol. The molecule has 0 aliphatic rings. The van der Waals surface area contributed by atoms with E-state index in [1.807, 2.05) is 60.7 Å². The van der Waals surface area contributed by atoms with Crippen LogP contribution in [0.15, 0.2) is 72.8 Å². The summed E-state index contributed by atoms with van der Waals surface area (Å²) in [4.78, 5) is 23.0. The molecule has 0 atom stereocenters. The van der Waals surface area contributed by atoms with E-state index < -0.39 is 11.9 Å². The first-order chi connectivity index (χ1) is 13.7. The molecule has 4 heteroatoms. The van der Waals surface area contributed by atoms with Gasteiger partial charge in [-0.05, 0) is 47.0 Å². The standard InChI is InChI=1S/C24H18O4/c25-23(17-15-21-11-5-3-6-12-21)27-19-9-1-2-10-20-28-24(26)18-16-22-13-7-4-8-14-22/h3-8,11-18H,19-20H2/b17-15+,18-16+. The Balaban J connectivity index is 1.62. The number of benzene rings is 2. The van der Waals surface area contributed by atoms with Crippen LogP contribution in [0.5, 0.6) is 0 Å². The molecule has 0 N–H and O–H groups in total. The highest BCUT2D eigenvalue weighted by molar-refractivity contribution is 5.87. The third kappa shape index (κ3) is 8.89. The Morgan fingerprint density at radius 2 is 1.07 bits per heavy atom. The van der Waals surface area contributed by atoms with Crippen LogP contribution in [0.3, 0.4) is 0 Å². The zero-order valence-electron chi connectivity index (χ0n) is 15.1. The van der Waals surface area contributed by atoms with Crippen molar-refractivity contribution in [1.29, 1.82) is 0 Å². The highest BCUT2D eigenvalue weighted by atomic mass is 16.5. The molecule has 0 bridgehead atoms. The zero-order valence-corrected chi connectivity index (χ0v) is 15.1. The Morgan fingerprint density at radius 1 is 0.679 bits per heavy atom. The summed E-state index contributed by atoms with van der Waals surface area (Å²) < 4.78 is 9.84. The third-order valence-corrected chi connectivity index (χ3v) is 3.24. The number of ether oxygens (including phenoxy) is 2. The molecule has 0 aliphatic heterocycles. The Bertz CT molecular complexity index is 868. The number of hydrogen-bond donors (Lipinski definition) is 0. The SMILES string of the molecule is O=C(/C=C/c1ccccc1)OCC#CC#CCOC(=O)/C=C/c1ccccc1. The fourth-order valence-electron chi connectivity index (χ4n) is 1.93. The minimum atomic E-state index is -0.481. The molecule has 0 fully saturated rings. The van der Waals surface area contributed by atoms with Crippen molar-refractivity contribution in [3.63, 3.8) is 0 Å². The normalized spacial score (nSPS) is 9.86. The van der Waals surface area contributed by atoms with E-state index in [0.717, 1.165) is 11.1 Å². The summed E-state index contributed by atoms with van der Waals surface area (Å²) in [6.07, 6.45) is 6.00. The van der Waals surface area contributed by atoms with Crippen molar-refractivity contribution in [2.75, 3.05) is 13.2 Å². The van der Waals surface area contributed by atoms with Crippen LogP contribution in [0.25, 0.3) is 12.2 Å². The van der Waals surface area contributed by atoms with Crippen LogP contribution >= 0.6 is 0 Å². The van der Waals surface area contributed by atoms with Crippen molar-refractivity contribution in [2.45, 2.75) is 0 Å². The predicted octanol–water partition coefficient (Wildman–Crippen LogP) is 3.51. The molecule has 0 amide bonds. The van der Waals surface area contributed by atoms with Crippen LogP contribution < -0.4 is 0 Å². The van der Waals surface area contributed by atoms with E-state index in [0.29, 0.717) is 0 Å². The van der Waals surface area contributed by atoms with Crippen LogP contribution in [0.2, 0.25) is 0 Å². The van der Waals surface area contributed by atoms with Gasteiger partial charge in [-0.3, -0.25) is 0 Å². The van der Waals surface area contributed by atoms with E-state index in [2.05, 4.69) is 23.7 Å². The lowest BCUT2D eigenvalue weighted by atomic mass is 10.2. The van der Waals surface area contributed by atoms with Crippen LogP contribution in [-0.2, 0) is 19.1 Å². The average Bonchev–Trinajstić information content (AvgIpc) is 2.74. The fourth-order valence-corrected chi connectivity index (χ4v) is 1.93. The van der Waals surface area contributed by atoms with E-state index >= 15 is 0 Å². The Kier molecular flexibility index (Phi) is 8.95. The molecule has 0 spiro atoms. The molecule has 28 heavy (non-hydrogen) atoms. The first kappa shape index (κ1) is 20.3. The molecule has 0 unspecified atom stereocenters. The van der Waals surface area contributed by atoms with Crippen molar-refractivity contribution >= 4 is 24.1 Å². The highest BCUT2D eigenvalue weighted by Crippen LogP contribution is 2.01. The molecule has 0 heterocycles. The number of carbonyl (C=O) groups excluding carboxylic acids is 2. The summed E-state index contributed by atoms with van der Waals surface area (Å²) in [6, 6.07) is 18.8. The topological polar surface area (TPSA) is 52.6 Å². The molecule has 0 saturated carbocycles. The van der Waals surface area contributed by atoms with E-state index in [9.17, 15) is 9.59 Å². The van der Waals surface area contributed by atoms with Gasteiger partial charge in [-0.15, -0.1) is 0 Å². The molecule has 0 aliphatic carbocycles. The molecule has 0 saturated heterocycles. The lowest BCUT2D eigenvalue weighted by Crippen LogP contribution is -2.00. The van der Waals surface area contributed by atoms with Gasteiger partial charge in [-0.2, -0.15) is 0 Å². The first-order valence-electron chi connectivity index (χ1n) is 8.49. The van der Waals surface area contributed by atoms with E-state index in [-0.39, 0.29) is 13.2 Å². The van der Waals surface area contributed by atoms with Crippen molar-refractivity contribution in [2.24, 2.45) is 0 Å². The highest BCUT2D eigenvalue weighted by Gasteiger charge is 1.95. The maximum atomic E-state index is 11.5. The summed E-state index contributed by atoms with van der Waals surface area (Å²) in [5.74, 6) is 9.27. The summed E-state index contributed by atoms with van der Waals surface area (Å²) in [5.41, 5.74) is 1.81. The number of carbonyl (C=O) groups is 2. The molecular weight excluding hydrogens is 352 g/mol. The maximum absolute atomic E-state index is 11.5. The summed E-state index contributed by atoms with van der Waals surface area (Å²) in [7, 11) is 0. The predicted molar refractivity (Wildman–Crippen MR) is 108 cm³/mol. The van der Waals surface area contributed by atoms with E-state index in [1.54, 1.807) is 12.2 Å². The second-order valence-corrected chi connectivity index (χ2v) is 5.31. The van der Waals surface area contributed by atoms with Crippen LogP contribution in [0.4, 0.5) is 0 Å². The van der Waals surface area contributed by atoms with Gasteiger partial charge in [0.1, 0.15) is 0 Å². The first-order valence-corrected chi connectivity index (χ1v) is 8.49. The van der Waals surface area contributed by atoms with Crippen molar-refractivity contribution < 1.29 is 19.1 Å². The van der Waals surface area contributed by atoms with Gasteiger partial charge in [0.05, 0.1) is 0 Å². The third-order valence-electron chi connectivity index (χ3n) is 3.24. The minimum Gasteiger partial charge on any atom is -0.449 e. The zero-order chi connectivity index (χ0) is 19.9. The largest absolute Gasteiger partial charge is 0.449 e. The van der Waals surface area contributed by atoms with Gasteiger partial charge in [-0.1, -0.05) is 60.7 Å². The van der Waals surface area contributed by atoms with Crippen LogP contribution in [-0.4, -0.2) is 25.2 Å². The van der Waals surface area contributed by atoms with Gasteiger partial charge < -0.3 is 9.47 Å². The number of esters is 2. The molecule has 4 nitrogen and oxygen atoms in total. The second-order valence-electron chi connectivity index (χ2n) is 5.31. The van der Waals surface area contributed by atoms with Crippen molar-refractivity contribution in [3.05, 3.63) is 83.9 Å². The van der Waals surface area contributed by atoms with Gasteiger partial charge >= 0.3 is 11.9 Å². The number of hydrogen-bond acceptors (Lipinski definition) is 4. The molecule has 0 aromatic heterocycles. The summed E-state index contributed by atoms with van der Waals surface area (Å²) >= 11 is 0. The second kappa shape index (κ2) is 12.4. The van der Waals surface area contributed by atoms with Crippen LogP contribution in [0, 0.1) is 23.7 Å². The molecule has 2 aromatic carbocycles. The number of rotatable bonds is 6. The van der Waals surface area contributed by atoms with E-state index in [4.69, 9.17) is 9.47 Å². The van der Waals surface area contributed by atoms with Gasteiger partial charge in [0.15, 0.2) is 13.2 Å². The Labute approximate surface area is 164 Å². The van der Waals surface area contributed by atoms with Gasteiger partial charge in [-0.25, -0.2) is 9.59 Å². The molecule has 138 valence electrons. The minimum absolute atomic E-state index is 0.0632. The van der Waals surface area contributed by atoms with E-state index in [1.165, 1.54) is 12.2 Å². The lowest BCUT2D eigenvalue weighted by molar-refractivity contribution is -0.137. The Morgan fingerprint density at radius 3 is 1.46 bits per heavy atom. The van der Waals surface area contributed by atoms with Gasteiger partial charge in [0.2, 0.25) is 0 Å². The summed E-state index contributed by atoms with van der Waals surface area (Å²) in [6.45, 7) is -0.126. The molecular formula is C24H18O4. The molecule has 2 rings (SSSR count). The Hall–Kier alpha value is -4.02. The quantitative estimate of drug-likeness (QED) is 0.444. The van der Waals surface area contributed by atoms with Crippen molar-refractivity contribution in [3.8, 4) is 23.7 Å². The molecule has 2 aromatic rings. The van der Waals surface area contributed by atoms with Gasteiger partial charge in [0.25, 0.3) is 0 Å². The summed E-state index contributed by atoms with van der Waals surface area (Å²) in [5, 5.41) is 0. The lowest BCUT2D eigenvalue weighted by Gasteiger charge is -1.94. The smallest absolute Gasteiger partial charge is 0.331 e. The average molecular weight is 370 g/mol. The van der Waals surface area contributed by atoms with Crippen LogP contribution in [0.1, 0.15) is 11.1 Å². The van der Waals surface area contributed by atoms with Gasteiger partial charge in [0, 0.05) is 12.2 Å².